The molecule has 1 N–H and O–H groups in total. The Balaban J connectivity index is 2.96. The van der Waals surface area contributed by atoms with Crippen LogP contribution in [-0.4, -0.2) is 32.5 Å². The normalized spacial score (nSPS) is 15.0. The van der Waals surface area contributed by atoms with Crippen molar-refractivity contribution in [2.24, 2.45) is 0 Å². The van der Waals surface area contributed by atoms with Gasteiger partial charge >= 0.3 is 5.97 Å². The number of rotatable bonds is 8. The summed E-state index contributed by atoms with van der Waals surface area (Å²) in [5, 5.41) is 12.0. The lowest BCUT2D eigenvalue weighted by Crippen LogP contribution is -2.11. The van der Waals surface area contributed by atoms with Crippen LogP contribution in [0.2, 0.25) is 0 Å². The zero-order chi connectivity index (χ0) is 18.7. The van der Waals surface area contributed by atoms with Gasteiger partial charge in [-0.15, -0.1) is 0 Å². The number of allylic oxidation sites excluding steroid dienone is 9. The zero-order valence-corrected chi connectivity index (χ0v) is 14.7. The number of carbonyl (C=O) groups is 2. The smallest absolute Gasteiger partial charge is 0.344 e. The van der Waals surface area contributed by atoms with E-state index in [1.165, 1.54) is 0 Å². The first-order valence-electron chi connectivity index (χ1n) is 7.88. The summed E-state index contributed by atoms with van der Waals surface area (Å²) in [5.41, 5.74) is 2.44. The summed E-state index contributed by atoms with van der Waals surface area (Å²) in [6.45, 7) is 3.75. The molecular formula is C19H22N2O4. The van der Waals surface area contributed by atoms with E-state index in [2.05, 4.69) is 5.32 Å². The Morgan fingerprint density at radius 1 is 1.40 bits per heavy atom. The van der Waals surface area contributed by atoms with Crippen molar-refractivity contribution in [2.45, 2.75) is 20.3 Å². The molecule has 0 unspecified atom stereocenters. The number of nitrogens with one attached hydrogen (secondary N) is 1. The van der Waals surface area contributed by atoms with Crippen molar-refractivity contribution >= 4 is 12.3 Å². The molecule has 1 aliphatic rings. The van der Waals surface area contributed by atoms with E-state index in [-0.39, 0.29) is 12.2 Å². The monoisotopic (exact) mass is 342 g/mol. The van der Waals surface area contributed by atoms with Crippen LogP contribution in [0.1, 0.15) is 20.3 Å². The van der Waals surface area contributed by atoms with Gasteiger partial charge < -0.3 is 14.8 Å². The number of esters is 1. The summed E-state index contributed by atoms with van der Waals surface area (Å²) in [7, 11) is 1.77. The molecule has 0 radical (unpaired) electrons. The van der Waals surface area contributed by atoms with Gasteiger partial charge in [0.25, 0.3) is 0 Å². The van der Waals surface area contributed by atoms with E-state index in [4.69, 9.17) is 14.7 Å². The second kappa shape index (κ2) is 10.7. The van der Waals surface area contributed by atoms with E-state index in [0.29, 0.717) is 25.1 Å². The van der Waals surface area contributed by atoms with Crippen LogP contribution in [0.3, 0.4) is 0 Å². The Bertz CT molecular complexity index is 703. The molecular weight excluding hydrogens is 320 g/mol. The fraction of sp³-hybridized carbons (Fsp3) is 0.316. The van der Waals surface area contributed by atoms with Crippen LogP contribution in [0.4, 0.5) is 0 Å². The van der Waals surface area contributed by atoms with Gasteiger partial charge in [-0.05, 0) is 44.1 Å². The van der Waals surface area contributed by atoms with Crippen molar-refractivity contribution in [1.82, 2.24) is 5.32 Å². The molecule has 1 aliphatic carbocycles. The highest BCUT2D eigenvalue weighted by Crippen LogP contribution is 2.22. The topological polar surface area (TPSA) is 88.4 Å². The van der Waals surface area contributed by atoms with E-state index >= 15 is 0 Å². The van der Waals surface area contributed by atoms with Gasteiger partial charge in [-0.25, -0.2) is 4.79 Å². The van der Waals surface area contributed by atoms with Crippen LogP contribution in [0.5, 0.6) is 0 Å². The third-order valence-electron chi connectivity index (χ3n) is 3.39. The van der Waals surface area contributed by atoms with Crippen molar-refractivity contribution in [3.05, 3.63) is 58.6 Å². The summed E-state index contributed by atoms with van der Waals surface area (Å²) >= 11 is 0. The van der Waals surface area contributed by atoms with E-state index in [9.17, 15) is 9.59 Å². The van der Waals surface area contributed by atoms with E-state index in [1.807, 2.05) is 31.2 Å². The molecule has 0 spiro atoms. The van der Waals surface area contributed by atoms with Crippen LogP contribution >= 0.6 is 0 Å². The Hall–Kier alpha value is -3.07. The minimum absolute atomic E-state index is 0.0369. The van der Waals surface area contributed by atoms with Crippen LogP contribution in [0.15, 0.2) is 58.6 Å². The number of nitrogens with zero attached hydrogens (tertiary/aromatic N) is 1. The minimum atomic E-state index is -0.423. The van der Waals surface area contributed by atoms with E-state index in [1.54, 1.807) is 26.1 Å². The predicted molar refractivity (Wildman–Crippen MR) is 94.0 cm³/mol. The molecule has 132 valence electrons. The lowest BCUT2D eigenvalue weighted by Gasteiger charge is -2.10. The Kier molecular flexibility index (Phi) is 8.52. The van der Waals surface area contributed by atoms with Crippen molar-refractivity contribution in [3.63, 3.8) is 0 Å². The van der Waals surface area contributed by atoms with Crippen LogP contribution in [-0.2, 0) is 19.1 Å². The van der Waals surface area contributed by atoms with Gasteiger partial charge in [0.05, 0.1) is 12.2 Å². The summed E-state index contributed by atoms with van der Waals surface area (Å²) in [5.74, 6) is 0.133. The number of carbonyl (C=O) groups excluding carboxylic acids is 2. The summed E-state index contributed by atoms with van der Waals surface area (Å²) in [4.78, 5) is 22.3. The molecule has 0 aromatic rings. The Labute approximate surface area is 147 Å². The highest BCUT2D eigenvalue weighted by Gasteiger charge is 2.09. The van der Waals surface area contributed by atoms with Gasteiger partial charge in [0.15, 0.2) is 12.9 Å². The van der Waals surface area contributed by atoms with Crippen LogP contribution in [0.25, 0.3) is 0 Å². The quantitative estimate of drug-likeness (QED) is 0.240. The number of aldehydes is 1. The van der Waals surface area contributed by atoms with Gasteiger partial charge in [0, 0.05) is 18.3 Å². The molecule has 6 nitrogen and oxygen atoms in total. The maximum atomic E-state index is 11.4. The molecule has 0 saturated heterocycles. The van der Waals surface area contributed by atoms with E-state index < -0.39 is 5.97 Å². The van der Waals surface area contributed by atoms with E-state index in [0.717, 1.165) is 16.8 Å². The summed E-state index contributed by atoms with van der Waals surface area (Å²) < 4.78 is 10.2. The lowest BCUT2D eigenvalue weighted by molar-refractivity contribution is -0.146. The molecule has 0 aromatic carbocycles. The van der Waals surface area contributed by atoms with Crippen LogP contribution < -0.4 is 5.32 Å². The molecule has 1 rings (SSSR count). The Morgan fingerprint density at radius 3 is 2.76 bits per heavy atom. The fourth-order valence-corrected chi connectivity index (χ4v) is 2.05. The van der Waals surface area contributed by atoms with Gasteiger partial charge in [0.1, 0.15) is 11.8 Å². The SMILES string of the molecule is CCOC(=O)COC1=CCC=C(C(/C=C(/C#N)C=O)=C(\C)NC)C=C1. The van der Waals surface area contributed by atoms with Crippen molar-refractivity contribution < 1.29 is 19.1 Å². The number of hydrogen-bond acceptors (Lipinski definition) is 6. The number of hydrogen-bond donors (Lipinski definition) is 1. The zero-order valence-electron chi connectivity index (χ0n) is 14.7. The summed E-state index contributed by atoms with van der Waals surface area (Å²) in [6.07, 6.45) is 9.99. The maximum absolute atomic E-state index is 11.4. The average molecular weight is 342 g/mol. The molecule has 0 aliphatic heterocycles. The molecule has 0 aromatic heterocycles. The highest BCUT2D eigenvalue weighted by atomic mass is 16.6. The first kappa shape index (κ1) is 20.0. The molecule has 0 atom stereocenters. The highest BCUT2D eigenvalue weighted by molar-refractivity contribution is 5.80. The van der Waals surface area contributed by atoms with Gasteiger partial charge in [-0.2, -0.15) is 5.26 Å². The van der Waals surface area contributed by atoms with Crippen LogP contribution in [0, 0.1) is 11.3 Å². The fourth-order valence-electron chi connectivity index (χ4n) is 2.05. The lowest BCUT2D eigenvalue weighted by atomic mass is 10.0. The molecule has 0 amide bonds. The largest absolute Gasteiger partial charge is 0.482 e. The first-order chi connectivity index (χ1) is 12.0. The third-order valence-corrected chi connectivity index (χ3v) is 3.39. The second-order valence-corrected chi connectivity index (χ2v) is 5.05. The Morgan fingerprint density at radius 2 is 2.16 bits per heavy atom. The molecule has 0 bridgehead atoms. The van der Waals surface area contributed by atoms with Crippen molar-refractivity contribution in [1.29, 1.82) is 5.26 Å². The number of nitriles is 1. The molecule has 0 fully saturated rings. The van der Waals surface area contributed by atoms with Crippen molar-refractivity contribution in [2.75, 3.05) is 20.3 Å². The van der Waals surface area contributed by atoms with Gasteiger partial charge in [-0.1, -0.05) is 12.2 Å². The maximum Gasteiger partial charge on any atom is 0.344 e. The molecule has 0 heterocycles. The second-order valence-electron chi connectivity index (χ2n) is 5.05. The molecule has 0 saturated carbocycles. The predicted octanol–water partition coefficient (Wildman–Crippen LogP) is 2.48. The average Bonchev–Trinajstić information content (AvgIpc) is 2.86. The summed E-state index contributed by atoms with van der Waals surface area (Å²) in [6, 6.07) is 1.86. The number of ether oxygens (including phenoxy) is 2. The molecule has 25 heavy (non-hydrogen) atoms. The standard InChI is InChI=1S/C19H22N2O4/c1-4-24-19(23)13-25-17-7-5-6-16(8-9-17)18(14(2)21-3)10-15(11-20)12-22/h6-10,12,21H,4-5,13H2,1-3H3/b15-10-,18-14+. The third kappa shape index (κ3) is 6.51. The minimum Gasteiger partial charge on any atom is -0.482 e. The van der Waals surface area contributed by atoms with Gasteiger partial charge in [0.2, 0.25) is 0 Å². The van der Waals surface area contributed by atoms with Gasteiger partial charge in [-0.3, -0.25) is 4.79 Å². The molecule has 6 heteroatoms. The van der Waals surface area contributed by atoms with Crippen molar-refractivity contribution in [3.8, 4) is 6.07 Å². The first-order valence-corrected chi connectivity index (χ1v) is 7.88.